The normalized spacial score (nSPS) is 17.6. The van der Waals surface area contributed by atoms with E-state index in [0.717, 1.165) is 16.7 Å². The number of aromatic nitrogens is 1. The summed E-state index contributed by atoms with van der Waals surface area (Å²) in [6, 6.07) is 18.7. The molecule has 2 heterocycles. The van der Waals surface area contributed by atoms with Crippen LogP contribution in [0.4, 0.5) is 0 Å². The summed E-state index contributed by atoms with van der Waals surface area (Å²) in [5, 5.41) is 12.5. The van der Waals surface area contributed by atoms with Gasteiger partial charge in [-0.2, -0.15) is 4.89 Å². The molecule has 30 heavy (non-hydrogen) atoms. The van der Waals surface area contributed by atoms with Crippen LogP contribution in [0.2, 0.25) is 5.02 Å². The molecular formula is C24H24ClNO4. The molecule has 0 spiro atoms. The standard InChI is InChI=1S/C24H24ClNO4/c1-2-28-16-21-14-18-13-19(9-10-22(18)30-29-21)24(27,23-8-3-4-11-26-23)15-17-6-5-7-20(25)12-17/h3-13,21,27H,2,14-16H2,1H3. The van der Waals surface area contributed by atoms with E-state index in [1.807, 2.05) is 67.6 Å². The maximum absolute atomic E-state index is 11.9. The lowest BCUT2D eigenvalue weighted by Crippen LogP contribution is -2.32. The second kappa shape index (κ2) is 9.14. The van der Waals surface area contributed by atoms with Gasteiger partial charge in [-0.25, -0.2) is 0 Å². The molecule has 2 atom stereocenters. The average Bonchev–Trinajstić information content (AvgIpc) is 2.77. The third-order valence-electron chi connectivity index (χ3n) is 5.21. The molecule has 1 aliphatic heterocycles. The summed E-state index contributed by atoms with van der Waals surface area (Å²) in [4.78, 5) is 15.3. The molecule has 0 amide bonds. The van der Waals surface area contributed by atoms with E-state index in [1.54, 1.807) is 6.20 Å². The van der Waals surface area contributed by atoms with Crippen LogP contribution in [0.15, 0.2) is 66.9 Å². The van der Waals surface area contributed by atoms with Crippen molar-refractivity contribution < 1.29 is 19.6 Å². The van der Waals surface area contributed by atoms with E-state index in [1.165, 1.54) is 0 Å². The highest BCUT2D eigenvalue weighted by atomic mass is 35.5. The van der Waals surface area contributed by atoms with Gasteiger partial charge in [-0.3, -0.25) is 4.98 Å². The molecule has 0 saturated heterocycles. The molecule has 0 bridgehead atoms. The zero-order valence-electron chi connectivity index (χ0n) is 16.8. The highest BCUT2D eigenvalue weighted by molar-refractivity contribution is 6.30. The van der Waals surface area contributed by atoms with Crippen LogP contribution in [0.3, 0.4) is 0 Å². The van der Waals surface area contributed by atoms with E-state index >= 15 is 0 Å². The maximum atomic E-state index is 11.9. The molecule has 0 aliphatic carbocycles. The number of aliphatic hydroxyl groups is 1. The first kappa shape index (κ1) is 20.8. The Hall–Kier alpha value is -2.44. The summed E-state index contributed by atoms with van der Waals surface area (Å²) in [6.07, 6.45) is 2.47. The molecule has 0 fully saturated rings. The first-order valence-corrected chi connectivity index (χ1v) is 10.4. The topological polar surface area (TPSA) is 60.8 Å². The highest BCUT2D eigenvalue weighted by Gasteiger charge is 2.35. The number of hydrogen-bond donors (Lipinski definition) is 1. The number of hydrogen-bond acceptors (Lipinski definition) is 5. The van der Waals surface area contributed by atoms with Gasteiger partial charge >= 0.3 is 0 Å². The van der Waals surface area contributed by atoms with Crippen molar-refractivity contribution in [2.75, 3.05) is 13.2 Å². The molecule has 0 radical (unpaired) electrons. The minimum atomic E-state index is -1.32. The number of pyridine rings is 1. The molecule has 1 aromatic heterocycles. The van der Waals surface area contributed by atoms with E-state index in [9.17, 15) is 5.11 Å². The van der Waals surface area contributed by atoms with Crippen molar-refractivity contribution in [2.24, 2.45) is 0 Å². The van der Waals surface area contributed by atoms with Gasteiger partial charge in [-0.05, 0) is 54.4 Å². The molecule has 0 saturated carbocycles. The first-order chi connectivity index (χ1) is 14.6. The fourth-order valence-electron chi connectivity index (χ4n) is 3.70. The molecule has 1 N–H and O–H groups in total. The zero-order chi connectivity index (χ0) is 21.0. The molecule has 6 heteroatoms. The molecule has 4 rings (SSSR count). The third kappa shape index (κ3) is 4.50. The Bertz CT molecular complexity index is 998. The highest BCUT2D eigenvalue weighted by Crippen LogP contribution is 2.36. The number of nitrogens with zero attached hydrogens (tertiary/aromatic N) is 1. The summed E-state index contributed by atoms with van der Waals surface area (Å²) < 4.78 is 5.47. The molecule has 2 aromatic carbocycles. The summed E-state index contributed by atoms with van der Waals surface area (Å²) >= 11 is 6.18. The fraction of sp³-hybridized carbons (Fsp3) is 0.292. The lowest BCUT2D eigenvalue weighted by atomic mass is 9.83. The summed E-state index contributed by atoms with van der Waals surface area (Å²) in [5.41, 5.74) is 1.87. The van der Waals surface area contributed by atoms with Gasteiger partial charge in [-0.1, -0.05) is 35.9 Å². The Labute approximate surface area is 181 Å². The molecule has 1 aliphatic rings. The number of fused-ring (bicyclic) bond motifs is 1. The van der Waals surface area contributed by atoms with E-state index in [-0.39, 0.29) is 6.10 Å². The van der Waals surface area contributed by atoms with Crippen LogP contribution in [0.1, 0.15) is 29.3 Å². The van der Waals surface area contributed by atoms with Gasteiger partial charge in [0.15, 0.2) is 5.75 Å². The summed E-state index contributed by atoms with van der Waals surface area (Å²) in [5.74, 6) is 0.651. The lowest BCUT2D eigenvalue weighted by molar-refractivity contribution is -0.264. The van der Waals surface area contributed by atoms with Crippen molar-refractivity contribution in [2.45, 2.75) is 31.5 Å². The first-order valence-electron chi connectivity index (χ1n) is 10.0. The number of benzene rings is 2. The predicted octanol–water partition coefficient (Wildman–Crippen LogP) is 4.49. The van der Waals surface area contributed by atoms with Crippen molar-refractivity contribution in [3.8, 4) is 5.75 Å². The Balaban J connectivity index is 1.71. The Morgan fingerprint density at radius 1 is 1.17 bits per heavy atom. The molecule has 5 nitrogen and oxygen atoms in total. The van der Waals surface area contributed by atoms with Crippen molar-refractivity contribution >= 4 is 11.6 Å². The Morgan fingerprint density at radius 3 is 2.83 bits per heavy atom. The van der Waals surface area contributed by atoms with Gasteiger partial charge in [-0.15, -0.1) is 0 Å². The van der Waals surface area contributed by atoms with Gasteiger partial charge in [0.1, 0.15) is 11.7 Å². The van der Waals surface area contributed by atoms with E-state index in [2.05, 4.69) is 4.98 Å². The Morgan fingerprint density at radius 2 is 2.07 bits per heavy atom. The lowest BCUT2D eigenvalue weighted by Gasteiger charge is -2.31. The van der Waals surface area contributed by atoms with E-state index < -0.39 is 5.60 Å². The molecule has 156 valence electrons. The molecule has 3 aromatic rings. The SMILES string of the molecule is CCOCC1Cc2cc(C(O)(Cc3cccc(Cl)c3)c3ccccn3)ccc2OO1. The maximum Gasteiger partial charge on any atom is 0.168 e. The van der Waals surface area contributed by atoms with Crippen molar-refractivity contribution in [3.63, 3.8) is 0 Å². The van der Waals surface area contributed by atoms with E-state index in [4.69, 9.17) is 26.1 Å². The van der Waals surface area contributed by atoms with Gasteiger partial charge < -0.3 is 14.7 Å². The smallest absolute Gasteiger partial charge is 0.168 e. The summed E-state index contributed by atoms with van der Waals surface area (Å²) in [6.45, 7) is 3.01. The largest absolute Gasteiger partial charge is 0.379 e. The van der Waals surface area contributed by atoms with E-state index in [0.29, 0.717) is 42.5 Å². The quantitative estimate of drug-likeness (QED) is 0.565. The van der Waals surface area contributed by atoms with Gasteiger partial charge in [0.2, 0.25) is 0 Å². The number of rotatable bonds is 7. The van der Waals surface area contributed by atoms with Crippen LogP contribution in [-0.2, 0) is 28.1 Å². The van der Waals surface area contributed by atoms with Crippen LogP contribution >= 0.6 is 11.6 Å². The predicted molar refractivity (Wildman–Crippen MR) is 115 cm³/mol. The molecule has 2 unspecified atom stereocenters. The van der Waals surface area contributed by atoms with Crippen LogP contribution in [0.5, 0.6) is 5.75 Å². The molecular weight excluding hydrogens is 402 g/mol. The fourth-order valence-corrected chi connectivity index (χ4v) is 3.92. The second-order valence-electron chi connectivity index (χ2n) is 7.37. The monoisotopic (exact) mass is 425 g/mol. The average molecular weight is 426 g/mol. The third-order valence-corrected chi connectivity index (χ3v) is 5.44. The Kier molecular flexibility index (Phi) is 6.35. The number of halogens is 1. The minimum Gasteiger partial charge on any atom is -0.379 e. The van der Waals surface area contributed by atoms with Crippen LogP contribution in [0, 0.1) is 0 Å². The van der Waals surface area contributed by atoms with Crippen LogP contribution in [0.25, 0.3) is 0 Å². The number of ether oxygens (including phenoxy) is 1. The van der Waals surface area contributed by atoms with Crippen LogP contribution in [-0.4, -0.2) is 29.4 Å². The van der Waals surface area contributed by atoms with Crippen LogP contribution < -0.4 is 4.89 Å². The van der Waals surface area contributed by atoms with Gasteiger partial charge in [0.25, 0.3) is 0 Å². The summed E-state index contributed by atoms with van der Waals surface area (Å²) in [7, 11) is 0. The van der Waals surface area contributed by atoms with Gasteiger partial charge in [0.05, 0.1) is 12.3 Å². The van der Waals surface area contributed by atoms with Crippen molar-refractivity contribution in [3.05, 3.63) is 94.3 Å². The van der Waals surface area contributed by atoms with Gasteiger partial charge in [0, 0.05) is 36.2 Å². The zero-order valence-corrected chi connectivity index (χ0v) is 17.5. The van der Waals surface area contributed by atoms with Crippen molar-refractivity contribution in [1.29, 1.82) is 0 Å². The van der Waals surface area contributed by atoms with Crippen molar-refractivity contribution in [1.82, 2.24) is 4.98 Å². The minimum absolute atomic E-state index is 0.191. The second-order valence-corrected chi connectivity index (χ2v) is 7.81.